The molecule has 0 saturated heterocycles. The maximum absolute atomic E-state index is 4.91. The van der Waals surface area contributed by atoms with E-state index in [1.54, 1.807) is 6.33 Å². The lowest BCUT2D eigenvalue weighted by Gasteiger charge is -2.19. The number of rotatable bonds is 3. The average molecular weight is 302 g/mol. The van der Waals surface area contributed by atoms with Crippen molar-refractivity contribution in [2.75, 3.05) is 0 Å². The molecule has 23 heavy (non-hydrogen) atoms. The van der Waals surface area contributed by atoms with E-state index in [9.17, 15) is 0 Å². The molecule has 3 atom stereocenters. The molecule has 3 aromatic rings. The number of hydrogen-bond donors (Lipinski definition) is 0. The third kappa shape index (κ3) is 2.09. The number of benzene rings is 1. The first-order chi connectivity index (χ1) is 11.4. The van der Waals surface area contributed by atoms with Crippen LogP contribution >= 0.6 is 0 Å². The van der Waals surface area contributed by atoms with Gasteiger partial charge in [-0.05, 0) is 30.2 Å². The smallest absolute Gasteiger partial charge is 0.163 e. The van der Waals surface area contributed by atoms with E-state index in [0.29, 0.717) is 11.8 Å². The predicted octanol–water partition coefficient (Wildman–Crippen LogP) is 3.55. The van der Waals surface area contributed by atoms with Crippen molar-refractivity contribution in [3.8, 4) is 0 Å². The number of fused-ring (bicyclic) bond motifs is 3. The van der Waals surface area contributed by atoms with Gasteiger partial charge < -0.3 is 4.57 Å². The summed E-state index contributed by atoms with van der Waals surface area (Å²) < 4.78 is 2.30. The van der Waals surface area contributed by atoms with Crippen LogP contribution in [0.5, 0.6) is 0 Å². The highest BCUT2D eigenvalue weighted by atomic mass is 15.1. The molecule has 4 heteroatoms. The molecule has 0 aliphatic heterocycles. The Labute approximate surface area is 134 Å². The summed E-state index contributed by atoms with van der Waals surface area (Å²) in [6.45, 7) is 0.821. The van der Waals surface area contributed by atoms with Crippen molar-refractivity contribution in [3.05, 3.63) is 66.4 Å². The van der Waals surface area contributed by atoms with E-state index in [1.165, 1.54) is 24.2 Å². The maximum Gasteiger partial charge on any atom is 0.163 e. The Morgan fingerprint density at radius 3 is 2.78 bits per heavy atom. The minimum atomic E-state index is 0.517. The summed E-state index contributed by atoms with van der Waals surface area (Å²) in [5.41, 5.74) is 3.14. The van der Waals surface area contributed by atoms with Gasteiger partial charge in [-0.2, -0.15) is 0 Å². The summed E-state index contributed by atoms with van der Waals surface area (Å²) in [6, 6.07) is 10.6. The molecular formula is C19H18N4. The molecule has 0 radical (unpaired) electrons. The van der Waals surface area contributed by atoms with Crippen LogP contribution in [0.2, 0.25) is 0 Å². The highest BCUT2D eigenvalue weighted by Gasteiger charge is 2.39. The summed E-state index contributed by atoms with van der Waals surface area (Å²) >= 11 is 0. The summed E-state index contributed by atoms with van der Waals surface area (Å²) in [4.78, 5) is 13.6. The molecule has 0 amide bonds. The summed E-state index contributed by atoms with van der Waals surface area (Å²) in [5, 5.41) is 0. The molecule has 0 N–H and O–H groups in total. The van der Waals surface area contributed by atoms with Gasteiger partial charge in [0.25, 0.3) is 0 Å². The van der Waals surface area contributed by atoms with Crippen molar-refractivity contribution in [2.45, 2.75) is 25.3 Å². The number of allylic oxidation sites excluding steroid dienone is 2. The van der Waals surface area contributed by atoms with Crippen molar-refractivity contribution in [2.24, 2.45) is 11.8 Å². The van der Waals surface area contributed by atoms with E-state index in [4.69, 9.17) is 4.98 Å². The second-order valence-corrected chi connectivity index (χ2v) is 6.66. The molecule has 5 rings (SSSR count). The Bertz CT molecular complexity index is 881. The van der Waals surface area contributed by atoms with Crippen LogP contribution in [-0.4, -0.2) is 19.5 Å². The largest absolute Gasteiger partial charge is 0.308 e. The zero-order valence-corrected chi connectivity index (χ0v) is 12.8. The van der Waals surface area contributed by atoms with Gasteiger partial charge in [-0.15, -0.1) is 0 Å². The lowest BCUT2D eigenvalue weighted by atomic mass is 9.93. The van der Waals surface area contributed by atoms with Crippen LogP contribution in [-0.2, 0) is 6.54 Å². The lowest BCUT2D eigenvalue weighted by molar-refractivity contribution is 0.528. The number of aromatic nitrogens is 4. The van der Waals surface area contributed by atoms with E-state index >= 15 is 0 Å². The fraction of sp³-hybridized carbons (Fsp3) is 0.316. The van der Waals surface area contributed by atoms with E-state index in [1.807, 2.05) is 6.20 Å². The molecule has 4 nitrogen and oxygen atoms in total. The zero-order valence-electron chi connectivity index (χ0n) is 12.8. The molecule has 114 valence electrons. The van der Waals surface area contributed by atoms with Gasteiger partial charge in [-0.25, -0.2) is 15.0 Å². The monoisotopic (exact) mass is 302 g/mol. The predicted molar refractivity (Wildman–Crippen MR) is 89.0 cm³/mol. The van der Waals surface area contributed by atoms with Crippen molar-refractivity contribution < 1.29 is 0 Å². The first kappa shape index (κ1) is 13.0. The van der Waals surface area contributed by atoms with E-state index in [-0.39, 0.29) is 0 Å². The second kappa shape index (κ2) is 5.01. The molecule has 2 aliphatic rings. The van der Waals surface area contributed by atoms with Crippen molar-refractivity contribution in [1.82, 2.24) is 19.5 Å². The van der Waals surface area contributed by atoms with Crippen LogP contribution in [0.4, 0.5) is 0 Å². The molecule has 1 aromatic carbocycles. The Balaban J connectivity index is 1.63. The molecule has 2 aromatic heterocycles. The number of hydrogen-bond acceptors (Lipinski definition) is 3. The third-order valence-corrected chi connectivity index (χ3v) is 5.23. The maximum atomic E-state index is 4.91. The van der Waals surface area contributed by atoms with Gasteiger partial charge in [0.2, 0.25) is 0 Å². The topological polar surface area (TPSA) is 43.6 Å². The molecule has 1 fully saturated rings. The Morgan fingerprint density at radius 2 is 2.00 bits per heavy atom. The van der Waals surface area contributed by atoms with Crippen molar-refractivity contribution >= 4 is 11.2 Å². The number of nitrogens with zero attached hydrogens (tertiary/aromatic N) is 4. The highest BCUT2D eigenvalue weighted by molar-refractivity contribution is 5.70. The third-order valence-electron chi connectivity index (χ3n) is 5.23. The Morgan fingerprint density at radius 1 is 1.09 bits per heavy atom. The average Bonchev–Trinajstić information content (AvgIpc) is 3.30. The normalized spacial score (nSPS) is 25.5. The van der Waals surface area contributed by atoms with Gasteiger partial charge in [0, 0.05) is 5.92 Å². The summed E-state index contributed by atoms with van der Waals surface area (Å²) in [7, 11) is 0. The molecule has 0 spiro atoms. The molecule has 2 aliphatic carbocycles. The fourth-order valence-electron chi connectivity index (χ4n) is 4.18. The van der Waals surface area contributed by atoms with E-state index in [2.05, 4.69) is 57.0 Å². The number of imidazole rings is 1. The highest BCUT2D eigenvalue weighted by Crippen LogP contribution is 2.48. The zero-order chi connectivity index (χ0) is 15.2. The van der Waals surface area contributed by atoms with E-state index < -0.39 is 0 Å². The van der Waals surface area contributed by atoms with Gasteiger partial charge in [0.1, 0.15) is 17.7 Å². The lowest BCUT2D eigenvalue weighted by Crippen LogP contribution is -2.14. The van der Waals surface area contributed by atoms with Gasteiger partial charge in [0.15, 0.2) is 5.65 Å². The van der Waals surface area contributed by atoms with Crippen LogP contribution in [0.15, 0.2) is 55.0 Å². The minimum absolute atomic E-state index is 0.517. The minimum Gasteiger partial charge on any atom is -0.308 e. The SMILES string of the molecule is C1=C[C@@H]2C[C@H]1C[C@@H]2c1nc2cncnc2n1Cc1ccccc1. The fourth-order valence-corrected chi connectivity index (χ4v) is 4.18. The molecule has 0 unspecified atom stereocenters. The quantitative estimate of drug-likeness (QED) is 0.695. The first-order valence-electron chi connectivity index (χ1n) is 8.27. The Kier molecular flexibility index (Phi) is 2.83. The summed E-state index contributed by atoms with van der Waals surface area (Å²) in [6.07, 6.45) is 10.7. The van der Waals surface area contributed by atoms with Crippen molar-refractivity contribution in [1.29, 1.82) is 0 Å². The molecular weight excluding hydrogens is 284 g/mol. The first-order valence-corrected chi connectivity index (χ1v) is 8.27. The van der Waals surface area contributed by atoms with Crippen LogP contribution in [0, 0.1) is 11.8 Å². The van der Waals surface area contributed by atoms with Gasteiger partial charge in [-0.1, -0.05) is 42.5 Å². The van der Waals surface area contributed by atoms with Crippen LogP contribution in [0.3, 0.4) is 0 Å². The standard InChI is InChI=1S/C19H18N4/c1-2-4-13(5-3-1)11-23-18(16-9-14-6-7-15(16)8-14)22-17-10-20-12-21-19(17)23/h1-7,10,12,14-16H,8-9,11H2/t14-,15+,16-/m0/s1. The second-order valence-electron chi connectivity index (χ2n) is 6.66. The van der Waals surface area contributed by atoms with Crippen LogP contribution < -0.4 is 0 Å². The van der Waals surface area contributed by atoms with Gasteiger partial charge >= 0.3 is 0 Å². The van der Waals surface area contributed by atoms with Gasteiger partial charge in [0.05, 0.1) is 12.7 Å². The van der Waals surface area contributed by atoms with Crippen LogP contribution in [0.1, 0.15) is 30.1 Å². The van der Waals surface area contributed by atoms with Crippen LogP contribution in [0.25, 0.3) is 11.2 Å². The van der Waals surface area contributed by atoms with Gasteiger partial charge in [-0.3, -0.25) is 0 Å². The van der Waals surface area contributed by atoms with E-state index in [0.717, 1.165) is 23.6 Å². The summed E-state index contributed by atoms with van der Waals surface area (Å²) in [5.74, 6) is 3.07. The molecule has 2 heterocycles. The Hall–Kier alpha value is -2.49. The molecule has 2 bridgehead atoms. The molecule has 1 saturated carbocycles. The van der Waals surface area contributed by atoms with Crippen molar-refractivity contribution in [3.63, 3.8) is 0 Å².